The van der Waals surface area contributed by atoms with E-state index in [1.807, 2.05) is 0 Å². The number of nitrogens with one attached hydrogen (secondary N) is 3. The number of hydrogen-bond acceptors (Lipinski definition) is 8. The van der Waals surface area contributed by atoms with Crippen molar-refractivity contribution in [2.75, 3.05) is 24.3 Å². The number of anilines is 2. The fraction of sp³-hybridized carbons (Fsp3) is 0.357. The van der Waals surface area contributed by atoms with Crippen LogP contribution in [0.2, 0.25) is 0 Å². The van der Waals surface area contributed by atoms with E-state index < -0.39 is 30.4 Å². The molecule has 1 saturated heterocycles. The summed E-state index contributed by atoms with van der Waals surface area (Å²) in [6.07, 6.45) is 0.206. The van der Waals surface area contributed by atoms with Gasteiger partial charge in [0, 0.05) is 6.54 Å². The number of nitrogens with zero attached hydrogens (tertiary/aromatic N) is 5. The Hall–Kier alpha value is -5.14. The van der Waals surface area contributed by atoms with Crippen LogP contribution in [0.25, 0.3) is 22.1 Å². The van der Waals surface area contributed by atoms with Gasteiger partial charge in [-0.2, -0.15) is 0 Å². The molecule has 0 radical (unpaired) electrons. The lowest BCUT2D eigenvalue weighted by Crippen LogP contribution is -2.52. The molecule has 4 amide bonds. The van der Waals surface area contributed by atoms with Gasteiger partial charge in [0.05, 0.1) is 35.3 Å². The predicted molar refractivity (Wildman–Crippen MR) is 154 cm³/mol. The van der Waals surface area contributed by atoms with Crippen molar-refractivity contribution in [3.8, 4) is 0 Å². The Morgan fingerprint density at radius 3 is 2.07 bits per heavy atom. The van der Waals surface area contributed by atoms with Gasteiger partial charge in [-0.15, -0.1) is 0 Å². The summed E-state index contributed by atoms with van der Waals surface area (Å²) in [5, 5.41) is 8.04. The van der Waals surface area contributed by atoms with Gasteiger partial charge in [-0.25, -0.2) is 38.3 Å². The molecular weight excluding hydrogens is 544 g/mol. The smallest absolute Gasteiger partial charge is 0.414 e. The Labute approximate surface area is 241 Å². The number of methoxy groups -OCH3 is 1. The molecule has 2 aromatic carbocycles. The second-order valence-electron chi connectivity index (χ2n) is 10.0. The van der Waals surface area contributed by atoms with E-state index in [0.29, 0.717) is 41.5 Å². The molecule has 0 aliphatic carbocycles. The maximum absolute atomic E-state index is 14.1. The van der Waals surface area contributed by atoms with E-state index in [1.165, 1.54) is 16.2 Å². The minimum Gasteiger partial charge on any atom is -0.453 e. The Morgan fingerprint density at radius 2 is 1.43 bits per heavy atom. The van der Waals surface area contributed by atoms with Crippen LogP contribution < -0.4 is 16.0 Å². The molecule has 2 aromatic heterocycles. The van der Waals surface area contributed by atoms with E-state index in [2.05, 4.69) is 25.9 Å². The third kappa shape index (κ3) is 5.82. The van der Waals surface area contributed by atoms with Gasteiger partial charge in [0.2, 0.25) is 11.9 Å². The van der Waals surface area contributed by atoms with Gasteiger partial charge in [0.15, 0.2) is 0 Å². The molecule has 3 N–H and O–H groups in total. The first-order chi connectivity index (χ1) is 20.3. The summed E-state index contributed by atoms with van der Waals surface area (Å²) >= 11 is 0. The van der Waals surface area contributed by atoms with Crippen LogP contribution in [0.5, 0.6) is 0 Å². The Kier molecular flexibility index (Phi) is 8.22. The van der Waals surface area contributed by atoms with Crippen molar-refractivity contribution in [2.24, 2.45) is 0 Å². The summed E-state index contributed by atoms with van der Waals surface area (Å²) in [5.41, 5.74) is 1.94. The van der Waals surface area contributed by atoms with Crippen LogP contribution in [-0.4, -0.2) is 74.2 Å². The standard InChI is InChI=1S/C28H32N8O6/c1-17(2)42-27(39)33-23-29-18-11-6-8-13-20(18)35(23)25(37)31-22-15-5-4-10-16-34(22)28(40)36-21-14-9-7-12-19(21)30-24(36)32-26(38)41-3/h6-9,11-14,17,22H,4-5,10,15-16H2,1-3H3,(H,31,37)(H,29,33,39)(H,30,32,38). The summed E-state index contributed by atoms with van der Waals surface area (Å²) in [7, 11) is 1.22. The van der Waals surface area contributed by atoms with Gasteiger partial charge >= 0.3 is 24.2 Å². The second kappa shape index (κ2) is 12.2. The molecule has 4 aromatic rings. The first-order valence-electron chi connectivity index (χ1n) is 13.7. The SMILES string of the molecule is COC(=O)Nc1nc2ccccc2n1C(=O)N1CCCCCC1NC(=O)n1c(NC(=O)OC(C)C)nc2ccccc21. The van der Waals surface area contributed by atoms with Crippen LogP contribution in [0.15, 0.2) is 48.5 Å². The van der Waals surface area contributed by atoms with Crippen molar-refractivity contribution in [1.82, 2.24) is 29.3 Å². The third-order valence-corrected chi connectivity index (χ3v) is 6.76. The first-order valence-corrected chi connectivity index (χ1v) is 13.7. The lowest BCUT2D eigenvalue weighted by Gasteiger charge is -2.31. The number of aromatic nitrogens is 4. The number of imidazole rings is 2. The third-order valence-electron chi connectivity index (χ3n) is 6.76. The van der Waals surface area contributed by atoms with Gasteiger partial charge in [-0.05, 0) is 57.4 Å². The molecule has 42 heavy (non-hydrogen) atoms. The van der Waals surface area contributed by atoms with Gasteiger partial charge in [0.25, 0.3) is 0 Å². The minimum atomic E-state index is -0.775. The average molecular weight is 577 g/mol. The van der Waals surface area contributed by atoms with E-state index in [9.17, 15) is 19.2 Å². The molecule has 14 nitrogen and oxygen atoms in total. The summed E-state index contributed by atoms with van der Waals surface area (Å²) < 4.78 is 12.5. The number of fused-ring (bicyclic) bond motifs is 2. The van der Waals surface area contributed by atoms with Crippen LogP contribution in [0.4, 0.5) is 31.1 Å². The zero-order chi connectivity index (χ0) is 29.8. The second-order valence-corrected chi connectivity index (χ2v) is 10.0. The highest BCUT2D eigenvalue weighted by atomic mass is 16.6. The molecule has 3 heterocycles. The van der Waals surface area contributed by atoms with Gasteiger partial charge in [0.1, 0.15) is 6.17 Å². The normalized spacial score (nSPS) is 15.3. The highest BCUT2D eigenvalue weighted by molar-refractivity contribution is 5.98. The molecule has 220 valence electrons. The van der Waals surface area contributed by atoms with Crippen molar-refractivity contribution < 1.29 is 28.7 Å². The van der Waals surface area contributed by atoms with E-state index >= 15 is 0 Å². The number of carbonyl (C=O) groups excluding carboxylic acids is 4. The number of ether oxygens (including phenoxy) is 2. The number of para-hydroxylation sites is 4. The Bertz CT molecular complexity index is 1640. The van der Waals surface area contributed by atoms with Crippen LogP contribution in [0.3, 0.4) is 0 Å². The van der Waals surface area contributed by atoms with Crippen LogP contribution in [0.1, 0.15) is 39.5 Å². The van der Waals surface area contributed by atoms with E-state index in [-0.39, 0.29) is 18.0 Å². The summed E-state index contributed by atoms with van der Waals surface area (Å²) in [4.78, 5) is 62.8. The predicted octanol–water partition coefficient (Wildman–Crippen LogP) is 4.95. The van der Waals surface area contributed by atoms with Crippen molar-refractivity contribution in [3.63, 3.8) is 0 Å². The van der Waals surface area contributed by atoms with Crippen LogP contribution in [0, 0.1) is 0 Å². The van der Waals surface area contributed by atoms with Crippen LogP contribution >= 0.6 is 0 Å². The molecular formula is C28H32N8O6. The number of rotatable bonds is 4. The van der Waals surface area contributed by atoms with E-state index in [0.717, 1.165) is 12.8 Å². The maximum atomic E-state index is 14.1. The highest BCUT2D eigenvalue weighted by Gasteiger charge is 2.32. The molecule has 1 unspecified atom stereocenters. The summed E-state index contributed by atoms with van der Waals surface area (Å²) in [5.74, 6) is -0.0193. The molecule has 1 aliphatic heterocycles. The topological polar surface area (TPSA) is 162 Å². The lowest BCUT2D eigenvalue weighted by molar-refractivity contribution is 0.129. The Balaban J connectivity index is 1.48. The zero-order valence-corrected chi connectivity index (χ0v) is 23.5. The van der Waals surface area contributed by atoms with Crippen molar-refractivity contribution in [1.29, 1.82) is 0 Å². The van der Waals surface area contributed by atoms with E-state index in [1.54, 1.807) is 67.3 Å². The zero-order valence-electron chi connectivity index (χ0n) is 23.5. The lowest BCUT2D eigenvalue weighted by atomic mass is 10.2. The Morgan fingerprint density at radius 1 is 0.833 bits per heavy atom. The molecule has 1 fully saturated rings. The number of hydrogen-bond donors (Lipinski definition) is 3. The molecule has 0 spiro atoms. The van der Waals surface area contributed by atoms with Gasteiger partial charge in [-0.3, -0.25) is 10.6 Å². The van der Waals surface area contributed by atoms with Gasteiger partial charge < -0.3 is 19.7 Å². The molecule has 0 bridgehead atoms. The van der Waals surface area contributed by atoms with Gasteiger partial charge in [-0.1, -0.05) is 30.7 Å². The van der Waals surface area contributed by atoms with E-state index in [4.69, 9.17) is 9.47 Å². The largest absolute Gasteiger partial charge is 0.453 e. The number of likely N-dealkylation sites (tertiary alicyclic amines) is 1. The number of amides is 4. The molecule has 14 heteroatoms. The fourth-order valence-electron chi connectivity index (χ4n) is 4.92. The first kappa shape index (κ1) is 28.4. The van der Waals surface area contributed by atoms with Crippen molar-refractivity contribution in [3.05, 3.63) is 48.5 Å². The monoisotopic (exact) mass is 576 g/mol. The quantitative estimate of drug-likeness (QED) is 0.307. The van der Waals surface area contributed by atoms with Crippen LogP contribution in [-0.2, 0) is 9.47 Å². The number of benzene rings is 2. The fourth-order valence-corrected chi connectivity index (χ4v) is 4.92. The van der Waals surface area contributed by atoms with Crippen molar-refractivity contribution in [2.45, 2.75) is 51.8 Å². The molecule has 1 aliphatic rings. The minimum absolute atomic E-state index is 0.00173. The average Bonchev–Trinajstić information content (AvgIpc) is 3.41. The van der Waals surface area contributed by atoms with Crippen molar-refractivity contribution >= 4 is 58.2 Å². The summed E-state index contributed by atoms with van der Waals surface area (Å²) in [6.45, 7) is 3.77. The highest BCUT2D eigenvalue weighted by Crippen LogP contribution is 2.25. The molecule has 1 atom stereocenters. The molecule has 5 rings (SSSR count). The summed E-state index contributed by atoms with van der Waals surface area (Å²) in [6, 6.07) is 12.9. The maximum Gasteiger partial charge on any atom is 0.414 e. The molecule has 0 saturated carbocycles. The number of carbonyl (C=O) groups is 4.